The van der Waals surface area contributed by atoms with Gasteiger partial charge in [0, 0.05) is 25.1 Å². The van der Waals surface area contributed by atoms with Gasteiger partial charge in [-0.3, -0.25) is 14.3 Å². The van der Waals surface area contributed by atoms with Crippen LogP contribution in [0.2, 0.25) is 0 Å². The molecule has 1 fully saturated rings. The van der Waals surface area contributed by atoms with Crippen LogP contribution in [0.15, 0.2) is 36.4 Å². The maximum absolute atomic E-state index is 12.7. The number of amides is 2. The molecule has 8 heteroatoms. The fourth-order valence-corrected chi connectivity index (χ4v) is 3.74. The summed E-state index contributed by atoms with van der Waals surface area (Å²) >= 11 is 0. The minimum atomic E-state index is -1.17. The highest BCUT2D eigenvalue weighted by Gasteiger charge is 2.24. The second-order valence-electron chi connectivity index (χ2n) is 7.71. The van der Waals surface area contributed by atoms with Crippen LogP contribution in [0.1, 0.15) is 55.4 Å². The second-order valence-corrected chi connectivity index (χ2v) is 7.71. The molecular formula is C22H28N4O4. The lowest BCUT2D eigenvalue weighted by molar-refractivity contribution is -0.139. The number of aliphatic carboxylic acids is 1. The van der Waals surface area contributed by atoms with Crippen molar-refractivity contribution in [3.63, 3.8) is 0 Å². The lowest BCUT2D eigenvalue weighted by Gasteiger charge is -2.23. The van der Waals surface area contributed by atoms with Gasteiger partial charge in [-0.15, -0.1) is 0 Å². The summed E-state index contributed by atoms with van der Waals surface area (Å²) in [5.74, 6) is -1.87. The molecule has 0 bridgehead atoms. The van der Waals surface area contributed by atoms with Crippen molar-refractivity contribution in [2.24, 2.45) is 7.05 Å². The smallest absolute Gasteiger partial charge is 0.326 e. The molecule has 3 N–H and O–H groups in total. The summed E-state index contributed by atoms with van der Waals surface area (Å²) in [6.07, 6.45) is 5.42. The van der Waals surface area contributed by atoms with Crippen molar-refractivity contribution >= 4 is 17.8 Å². The first kappa shape index (κ1) is 21.5. The summed E-state index contributed by atoms with van der Waals surface area (Å²) in [7, 11) is 1.63. The molecule has 2 aromatic rings. The molecule has 0 radical (unpaired) electrons. The summed E-state index contributed by atoms with van der Waals surface area (Å²) in [4.78, 5) is 36.4. The Morgan fingerprint density at radius 2 is 1.87 bits per heavy atom. The number of carboxylic acid groups (broad SMARTS) is 1. The predicted octanol–water partition coefficient (Wildman–Crippen LogP) is 2.50. The van der Waals surface area contributed by atoms with Crippen molar-refractivity contribution in [3.05, 3.63) is 42.1 Å². The van der Waals surface area contributed by atoms with Gasteiger partial charge in [-0.1, -0.05) is 49.6 Å². The molecule has 1 aromatic carbocycles. The van der Waals surface area contributed by atoms with Gasteiger partial charge >= 0.3 is 5.97 Å². The maximum atomic E-state index is 12.7. The SMILES string of the molecule is Cn1nc(-c2ccccc2)cc1C(=O)N[C@H](CCC(=O)NC1CCCCC1)C(=O)O. The quantitative estimate of drug-likeness (QED) is 0.616. The van der Waals surface area contributed by atoms with E-state index in [1.807, 2.05) is 30.3 Å². The van der Waals surface area contributed by atoms with E-state index in [0.717, 1.165) is 31.2 Å². The van der Waals surface area contributed by atoms with Crippen LogP contribution in [-0.2, 0) is 16.6 Å². The number of rotatable bonds is 8. The molecular weight excluding hydrogens is 384 g/mol. The number of carbonyl (C=O) groups is 3. The molecule has 0 aliphatic heterocycles. The van der Waals surface area contributed by atoms with Crippen LogP contribution < -0.4 is 10.6 Å². The van der Waals surface area contributed by atoms with Gasteiger partial charge in [-0.25, -0.2) is 4.79 Å². The zero-order valence-electron chi connectivity index (χ0n) is 17.1. The van der Waals surface area contributed by atoms with E-state index in [4.69, 9.17) is 0 Å². The van der Waals surface area contributed by atoms with Gasteiger partial charge in [-0.2, -0.15) is 5.10 Å². The third-order valence-corrected chi connectivity index (χ3v) is 5.42. The Bertz CT molecular complexity index is 888. The molecule has 160 valence electrons. The number of hydrogen-bond acceptors (Lipinski definition) is 4. The van der Waals surface area contributed by atoms with E-state index >= 15 is 0 Å². The standard InChI is InChI=1S/C22H28N4O4/c1-26-19(14-18(25-26)15-8-4-2-5-9-15)21(28)24-17(22(29)30)12-13-20(27)23-16-10-6-3-7-11-16/h2,4-5,8-9,14,16-17H,3,6-7,10-13H2,1H3,(H,23,27)(H,24,28)(H,29,30)/t17-/m1/s1. The normalized spacial score (nSPS) is 15.4. The van der Waals surface area contributed by atoms with Gasteiger partial charge in [0.2, 0.25) is 5.91 Å². The first-order valence-electron chi connectivity index (χ1n) is 10.4. The number of carbonyl (C=O) groups excluding carboxylic acids is 2. The van der Waals surface area contributed by atoms with Crippen LogP contribution in [0.5, 0.6) is 0 Å². The Morgan fingerprint density at radius 3 is 2.53 bits per heavy atom. The Morgan fingerprint density at radius 1 is 1.17 bits per heavy atom. The number of nitrogens with zero attached hydrogens (tertiary/aromatic N) is 2. The van der Waals surface area contributed by atoms with Crippen LogP contribution in [0.25, 0.3) is 11.3 Å². The molecule has 0 saturated heterocycles. The van der Waals surface area contributed by atoms with Crippen LogP contribution >= 0.6 is 0 Å². The Kier molecular flexibility index (Phi) is 7.21. The van der Waals surface area contributed by atoms with Crippen LogP contribution in [0, 0.1) is 0 Å². The van der Waals surface area contributed by atoms with E-state index in [1.54, 1.807) is 13.1 Å². The average molecular weight is 412 g/mol. The number of hydrogen-bond donors (Lipinski definition) is 3. The number of aromatic nitrogens is 2. The number of aryl methyl sites for hydroxylation is 1. The van der Waals surface area contributed by atoms with Gasteiger partial charge in [0.15, 0.2) is 0 Å². The van der Waals surface area contributed by atoms with E-state index in [0.29, 0.717) is 5.69 Å². The molecule has 1 aliphatic carbocycles. The highest BCUT2D eigenvalue weighted by atomic mass is 16.4. The van der Waals surface area contributed by atoms with Gasteiger partial charge in [0.05, 0.1) is 5.69 Å². The minimum Gasteiger partial charge on any atom is -0.480 e. The third kappa shape index (κ3) is 5.68. The number of carboxylic acids is 1. The molecule has 0 unspecified atom stereocenters. The fraction of sp³-hybridized carbons (Fsp3) is 0.455. The largest absolute Gasteiger partial charge is 0.480 e. The Labute approximate surface area is 175 Å². The van der Waals surface area contributed by atoms with E-state index in [9.17, 15) is 19.5 Å². The summed E-state index contributed by atoms with van der Waals surface area (Å²) < 4.78 is 1.42. The van der Waals surface area contributed by atoms with E-state index in [1.165, 1.54) is 11.1 Å². The second kappa shape index (κ2) is 10.0. The first-order chi connectivity index (χ1) is 14.4. The predicted molar refractivity (Wildman–Crippen MR) is 112 cm³/mol. The van der Waals surface area contributed by atoms with Crippen molar-refractivity contribution in [3.8, 4) is 11.3 Å². The summed E-state index contributed by atoms with van der Waals surface area (Å²) in [6, 6.07) is 10.1. The van der Waals surface area contributed by atoms with E-state index < -0.39 is 17.9 Å². The third-order valence-electron chi connectivity index (χ3n) is 5.42. The molecule has 3 rings (SSSR count). The zero-order valence-corrected chi connectivity index (χ0v) is 17.1. The molecule has 30 heavy (non-hydrogen) atoms. The average Bonchev–Trinajstić information content (AvgIpc) is 3.14. The zero-order chi connectivity index (χ0) is 21.5. The van der Waals surface area contributed by atoms with Crippen molar-refractivity contribution in [2.45, 2.75) is 57.0 Å². The highest BCUT2D eigenvalue weighted by Crippen LogP contribution is 2.19. The van der Waals surface area contributed by atoms with Crippen molar-refractivity contribution in [1.82, 2.24) is 20.4 Å². The molecule has 1 aliphatic rings. The number of nitrogens with one attached hydrogen (secondary N) is 2. The van der Waals surface area contributed by atoms with Crippen LogP contribution in [0.4, 0.5) is 0 Å². The van der Waals surface area contributed by atoms with Crippen LogP contribution in [-0.4, -0.2) is 44.8 Å². The van der Waals surface area contributed by atoms with E-state index in [-0.39, 0.29) is 30.5 Å². The topological polar surface area (TPSA) is 113 Å². The fourth-order valence-electron chi connectivity index (χ4n) is 3.74. The van der Waals surface area contributed by atoms with Gasteiger partial charge < -0.3 is 15.7 Å². The molecule has 1 aromatic heterocycles. The molecule has 1 heterocycles. The molecule has 2 amide bonds. The minimum absolute atomic E-state index is 0.0308. The summed E-state index contributed by atoms with van der Waals surface area (Å²) in [6.45, 7) is 0. The number of benzene rings is 1. The van der Waals surface area contributed by atoms with Crippen molar-refractivity contribution in [1.29, 1.82) is 0 Å². The summed E-state index contributed by atoms with van der Waals surface area (Å²) in [5.41, 5.74) is 1.75. The molecule has 1 saturated carbocycles. The summed E-state index contributed by atoms with van der Waals surface area (Å²) in [5, 5.41) is 19.3. The lowest BCUT2D eigenvalue weighted by atomic mass is 9.95. The Balaban J connectivity index is 1.58. The lowest BCUT2D eigenvalue weighted by Crippen LogP contribution is -2.43. The van der Waals surface area contributed by atoms with Gasteiger partial charge in [0.25, 0.3) is 5.91 Å². The van der Waals surface area contributed by atoms with Crippen LogP contribution in [0.3, 0.4) is 0 Å². The first-order valence-corrected chi connectivity index (χ1v) is 10.4. The highest BCUT2D eigenvalue weighted by molar-refractivity contribution is 5.96. The van der Waals surface area contributed by atoms with Gasteiger partial charge in [0.1, 0.15) is 11.7 Å². The molecule has 1 atom stereocenters. The monoisotopic (exact) mass is 412 g/mol. The Hall–Kier alpha value is -3.16. The molecule has 0 spiro atoms. The van der Waals surface area contributed by atoms with Crippen molar-refractivity contribution < 1.29 is 19.5 Å². The van der Waals surface area contributed by atoms with Crippen molar-refractivity contribution in [2.75, 3.05) is 0 Å². The van der Waals surface area contributed by atoms with Gasteiger partial charge in [-0.05, 0) is 25.3 Å². The van der Waals surface area contributed by atoms with E-state index in [2.05, 4.69) is 15.7 Å². The maximum Gasteiger partial charge on any atom is 0.326 e. The molecule has 8 nitrogen and oxygen atoms in total.